The van der Waals surface area contributed by atoms with Gasteiger partial charge in [0, 0.05) is 28.3 Å². The number of thiazole rings is 1. The molecule has 0 aliphatic heterocycles. The summed E-state index contributed by atoms with van der Waals surface area (Å²) in [5, 5.41) is 16.6. The number of hydrogen-bond acceptors (Lipinski definition) is 5. The summed E-state index contributed by atoms with van der Waals surface area (Å²) in [7, 11) is -0.256. The molecule has 0 saturated heterocycles. The Kier molecular flexibility index (Phi) is 16.7. The molecule has 0 amide bonds. The van der Waals surface area contributed by atoms with Crippen molar-refractivity contribution in [3.8, 4) is 17.3 Å². The monoisotopic (exact) mass is 709 g/mol. The highest BCUT2D eigenvalue weighted by Crippen LogP contribution is 2.51. The molecule has 4 rings (SSSR count). The van der Waals surface area contributed by atoms with Gasteiger partial charge in [0.2, 0.25) is 0 Å². The molecule has 0 radical (unpaired) electrons. The normalized spacial score (nSPS) is 14.0. The van der Waals surface area contributed by atoms with Crippen LogP contribution in [0.3, 0.4) is 0 Å². The first-order chi connectivity index (χ1) is 23.2. The maximum absolute atomic E-state index is 15.9. The molecule has 2 unspecified atom stereocenters. The molecule has 9 heteroatoms. The van der Waals surface area contributed by atoms with Crippen LogP contribution in [0.5, 0.6) is 0 Å². The van der Waals surface area contributed by atoms with E-state index in [1.165, 1.54) is 24.7 Å². The van der Waals surface area contributed by atoms with E-state index in [9.17, 15) is 9.65 Å². The lowest BCUT2D eigenvalue weighted by molar-refractivity contribution is 0.261. The Morgan fingerprint density at radius 1 is 0.980 bits per heavy atom. The Bertz CT molecular complexity index is 1570. The van der Waals surface area contributed by atoms with Crippen LogP contribution >= 0.6 is 19.3 Å². The predicted molar refractivity (Wildman–Crippen MR) is 206 cm³/mol. The molecule has 268 valence electrons. The number of hydrogen-bond donors (Lipinski definition) is 0. The smallest absolute Gasteiger partial charge is 0.137 e. The van der Waals surface area contributed by atoms with Crippen molar-refractivity contribution in [1.82, 2.24) is 19.7 Å². The summed E-state index contributed by atoms with van der Waals surface area (Å²) in [6.45, 7) is 24.5. The Labute approximate surface area is 300 Å². The molecular weight excluding hydrogens is 652 g/mol. The highest BCUT2D eigenvalue weighted by atomic mass is 32.1. The lowest BCUT2D eigenvalue weighted by Crippen LogP contribution is -2.39. The second-order valence-electron chi connectivity index (χ2n) is 14.2. The second-order valence-corrected chi connectivity index (χ2v) is 17.6. The fourth-order valence-corrected chi connectivity index (χ4v) is 11.0. The van der Waals surface area contributed by atoms with Gasteiger partial charge in [-0.15, -0.1) is 19.3 Å². The predicted octanol–water partition coefficient (Wildman–Crippen LogP) is 12.1. The minimum atomic E-state index is -0.756. The van der Waals surface area contributed by atoms with Crippen molar-refractivity contribution in [2.24, 2.45) is 10.8 Å². The first-order valence-corrected chi connectivity index (χ1v) is 20.5. The zero-order valence-electron chi connectivity index (χ0n) is 31.6. The van der Waals surface area contributed by atoms with E-state index in [2.05, 4.69) is 64.6 Å². The van der Waals surface area contributed by atoms with E-state index in [4.69, 9.17) is 4.98 Å². The molecule has 49 heavy (non-hydrogen) atoms. The SMILES string of the molecule is CC.CC.CCC(C)(C)CP(CCC[C@@](Cn1cncn1)(c1ccc(F)cc1F)C(C)c1nc(-c2ccc(C#N)cc2)cs1)CC(C)(C)C. The molecule has 0 saturated carbocycles. The first kappa shape index (κ1) is 42.2. The van der Waals surface area contributed by atoms with Gasteiger partial charge < -0.3 is 0 Å². The quantitative estimate of drug-likeness (QED) is 0.122. The molecule has 0 aliphatic carbocycles. The van der Waals surface area contributed by atoms with Crippen molar-refractivity contribution in [2.45, 2.75) is 113 Å². The number of halogens is 2. The van der Waals surface area contributed by atoms with Crippen LogP contribution in [0, 0.1) is 33.8 Å². The molecule has 0 fully saturated rings. The van der Waals surface area contributed by atoms with E-state index >= 15 is 4.39 Å². The lowest BCUT2D eigenvalue weighted by Gasteiger charge is -2.40. The van der Waals surface area contributed by atoms with Gasteiger partial charge in [0.1, 0.15) is 24.3 Å². The molecule has 4 aromatic rings. The lowest BCUT2D eigenvalue weighted by atomic mass is 9.67. The number of nitrogens with zero attached hydrogens (tertiary/aromatic N) is 5. The van der Waals surface area contributed by atoms with E-state index in [1.54, 1.807) is 40.5 Å². The summed E-state index contributed by atoms with van der Waals surface area (Å²) in [5.74, 6) is -1.35. The zero-order valence-corrected chi connectivity index (χ0v) is 33.4. The third kappa shape index (κ3) is 12.1. The van der Waals surface area contributed by atoms with E-state index < -0.39 is 17.0 Å². The molecule has 2 aromatic heterocycles. The van der Waals surface area contributed by atoms with E-state index in [0.29, 0.717) is 24.1 Å². The first-order valence-electron chi connectivity index (χ1n) is 17.7. The zero-order chi connectivity index (χ0) is 36.8. The number of nitriles is 1. The van der Waals surface area contributed by atoms with Crippen molar-refractivity contribution in [3.05, 3.63) is 88.3 Å². The van der Waals surface area contributed by atoms with Crippen LogP contribution in [-0.2, 0) is 12.0 Å². The average molecular weight is 710 g/mol. The van der Waals surface area contributed by atoms with Gasteiger partial charge in [-0.05, 0) is 65.9 Å². The van der Waals surface area contributed by atoms with Crippen molar-refractivity contribution >= 4 is 19.3 Å². The van der Waals surface area contributed by atoms with Crippen LogP contribution in [-0.4, -0.2) is 38.2 Å². The van der Waals surface area contributed by atoms with Gasteiger partial charge in [-0.25, -0.2) is 18.7 Å². The summed E-state index contributed by atoms with van der Waals surface area (Å²) in [5.41, 5.74) is 2.56. The van der Waals surface area contributed by atoms with Crippen LogP contribution in [0.1, 0.15) is 117 Å². The summed E-state index contributed by atoms with van der Waals surface area (Å²) in [6, 6.07) is 13.5. The number of aromatic nitrogens is 4. The molecule has 3 atom stereocenters. The molecule has 5 nitrogen and oxygen atoms in total. The van der Waals surface area contributed by atoms with E-state index in [1.807, 2.05) is 45.2 Å². The minimum Gasteiger partial charge on any atom is -0.252 e. The van der Waals surface area contributed by atoms with Crippen molar-refractivity contribution < 1.29 is 8.78 Å². The van der Waals surface area contributed by atoms with Gasteiger partial charge in [0.25, 0.3) is 0 Å². The third-order valence-electron chi connectivity index (χ3n) is 8.81. The number of benzene rings is 2. The van der Waals surface area contributed by atoms with E-state index in [0.717, 1.165) is 41.3 Å². The molecule has 2 heterocycles. The fourth-order valence-electron chi connectivity index (χ4n) is 6.17. The van der Waals surface area contributed by atoms with Gasteiger partial charge >= 0.3 is 0 Å². The summed E-state index contributed by atoms with van der Waals surface area (Å²) in [4.78, 5) is 9.24. The summed E-state index contributed by atoms with van der Waals surface area (Å²) in [6.07, 6.45) is 9.37. The molecule has 0 aliphatic rings. The second kappa shape index (κ2) is 19.4. The highest BCUT2D eigenvalue weighted by Gasteiger charge is 2.43. The van der Waals surface area contributed by atoms with Gasteiger partial charge in [0.05, 0.1) is 28.9 Å². The van der Waals surface area contributed by atoms with Crippen molar-refractivity contribution in [3.63, 3.8) is 0 Å². The van der Waals surface area contributed by atoms with Gasteiger partial charge in [-0.3, -0.25) is 4.68 Å². The van der Waals surface area contributed by atoms with Crippen LogP contribution in [0.15, 0.2) is 60.5 Å². The van der Waals surface area contributed by atoms with Gasteiger partial charge in [-0.2, -0.15) is 10.4 Å². The maximum atomic E-state index is 15.9. The Hall–Kier alpha value is -3.01. The topological polar surface area (TPSA) is 67.4 Å². The summed E-state index contributed by atoms with van der Waals surface area (Å²) < 4.78 is 32.0. The van der Waals surface area contributed by atoms with Crippen molar-refractivity contribution in [2.75, 3.05) is 18.5 Å². The molecule has 0 N–H and O–H groups in total. The van der Waals surface area contributed by atoms with E-state index in [-0.39, 0.29) is 24.7 Å². The highest BCUT2D eigenvalue weighted by molar-refractivity contribution is 7.57. The molecule has 2 aromatic carbocycles. The van der Waals surface area contributed by atoms with Gasteiger partial charge in [-0.1, -0.05) is 101 Å². The molecule has 0 spiro atoms. The average Bonchev–Trinajstić information content (AvgIpc) is 3.78. The minimum absolute atomic E-state index is 0.209. The van der Waals surface area contributed by atoms with Crippen LogP contribution in [0.25, 0.3) is 11.3 Å². The Morgan fingerprint density at radius 3 is 2.20 bits per heavy atom. The van der Waals surface area contributed by atoms with Gasteiger partial charge in [0.15, 0.2) is 0 Å². The molecule has 0 bridgehead atoms. The standard InChI is InChI=1S/C36H46F2N5PS.2C2H6/c1-8-35(6,7)23-44(22-34(3,4)5)17-9-16-36(21-43-25-40-24-41-43,30-15-14-29(37)18-31(30)38)26(2)33-42-32(20-45-33)28-12-10-27(19-39)11-13-28;2*1-2/h10-15,18,20,24-26H,8-9,16-17,21-23H2,1-7H3;2*1-2H3/t26?,36-,44?;;/m0../s1. The summed E-state index contributed by atoms with van der Waals surface area (Å²) >= 11 is 1.55. The Balaban J connectivity index is 0.00000201. The van der Waals surface area contributed by atoms with Crippen LogP contribution < -0.4 is 0 Å². The number of rotatable bonds is 14. The Morgan fingerprint density at radius 2 is 1.65 bits per heavy atom. The molecular formula is C40H58F2N5PS. The maximum Gasteiger partial charge on any atom is 0.137 e. The fraction of sp³-hybridized carbons (Fsp3) is 0.550. The third-order valence-corrected chi connectivity index (χ3v) is 13.5. The van der Waals surface area contributed by atoms with Crippen LogP contribution in [0.4, 0.5) is 8.78 Å². The van der Waals surface area contributed by atoms with Crippen LogP contribution in [0.2, 0.25) is 0 Å². The largest absolute Gasteiger partial charge is 0.252 e. The van der Waals surface area contributed by atoms with Crippen molar-refractivity contribution in [1.29, 1.82) is 5.26 Å².